The van der Waals surface area contributed by atoms with Crippen molar-refractivity contribution in [3.8, 4) is 11.8 Å². The Bertz CT molecular complexity index is 775. The van der Waals surface area contributed by atoms with Gasteiger partial charge in [-0.3, -0.25) is 0 Å². The zero-order valence-corrected chi connectivity index (χ0v) is 12.1. The maximum atomic E-state index is 6.14. The Morgan fingerprint density at radius 3 is 2.10 bits per heavy atom. The first-order valence-electron chi connectivity index (χ1n) is 5.55. The Hall–Kier alpha value is -1.62. The molecule has 0 saturated heterocycles. The molecule has 3 aromatic rings. The number of halogens is 3. The van der Waals surface area contributed by atoms with Crippen LogP contribution in [-0.4, -0.2) is 15.0 Å². The first kappa shape index (κ1) is 13.4. The fourth-order valence-electron chi connectivity index (χ4n) is 1.78. The highest BCUT2D eigenvalue weighted by Crippen LogP contribution is 2.33. The molecule has 0 fully saturated rings. The molecule has 0 aliphatic carbocycles. The summed E-state index contributed by atoms with van der Waals surface area (Å²) in [7, 11) is 0. The zero-order valence-electron chi connectivity index (χ0n) is 9.85. The second-order valence-electron chi connectivity index (χ2n) is 3.85. The first-order chi connectivity index (χ1) is 9.63. The van der Waals surface area contributed by atoms with Gasteiger partial charge in [-0.15, -0.1) is 0 Å². The molecule has 3 rings (SSSR count). The maximum absolute atomic E-state index is 6.14. The second-order valence-corrected chi connectivity index (χ2v) is 4.93. The fourth-order valence-corrected chi connectivity index (χ4v) is 2.35. The van der Waals surface area contributed by atoms with Crippen LogP contribution in [0.5, 0.6) is 11.8 Å². The van der Waals surface area contributed by atoms with Crippen molar-refractivity contribution in [2.45, 2.75) is 0 Å². The average Bonchev–Trinajstić information content (AvgIpc) is 2.41. The molecular weight excluding hydrogens is 321 g/mol. The SMILES string of the molecule is Clc1nc(Cl)nc(Oc2ccc(Cl)c3ccccc23)n1. The molecule has 1 heterocycles. The molecule has 0 saturated carbocycles. The van der Waals surface area contributed by atoms with Gasteiger partial charge >= 0.3 is 6.01 Å². The number of fused-ring (bicyclic) bond motifs is 1. The number of aromatic nitrogens is 3. The standard InChI is InChI=1S/C13H6Cl3N3O/c14-9-5-6-10(8-4-2-1-3-7(8)9)20-13-18-11(15)17-12(16)19-13/h1-6H. The molecule has 7 heteroatoms. The van der Waals surface area contributed by atoms with Crippen LogP contribution in [0, 0.1) is 0 Å². The third-order valence-corrected chi connectivity index (χ3v) is 3.26. The third kappa shape index (κ3) is 2.63. The van der Waals surface area contributed by atoms with Gasteiger partial charge in [0.1, 0.15) is 5.75 Å². The van der Waals surface area contributed by atoms with Crippen molar-refractivity contribution in [3.63, 3.8) is 0 Å². The number of benzene rings is 2. The van der Waals surface area contributed by atoms with Gasteiger partial charge in [0, 0.05) is 15.8 Å². The lowest BCUT2D eigenvalue weighted by Crippen LogP contribution is -1.95. The van der Waals surface area contributed by atoms with Gasteiger partial charge in [-0.25, -0.2) is 0 Å². The topological polar surface area (TPSA) is 47.9 Å². The van der Waals surface area contributed by atoms with Crippen molar-refractivity contribution in [3.05, 3.63) is 52.0 Å². The highest BCUT2D eigenvalue weighted by Gasteiger charge is 2.10. The van der Waals surface area contributed by atoms with E-state index in [1.54, 1.807) is 12.1 Å². The molecule has 0 N–H and O–H groups in total. The molecule has 1 aromatic heterocycles. The summed E-state index contributed by atoms with van der Waals surface area (Å²) in [6.45, 7) is 0. The lowest BCUT2D eigenvalue weighted by atomic mass is 10.1. The lowest BCUT2D eigenvalue weighted by Gasteiger charge is -2.08. The smallest absolute Gasteiger partial charge is 0.327 e. The second kappa shape index (κ2) is 5.40. The van der Waals surface area contributed by atoms with Gasteiger partial charge in [0.2, 0.25) is 10.6 Å². The van der Waals surface area contributed by atoms with Crippen LogP contribution < -0.4 is 4.74 Å². The maximum Gasteiger partial charge on any atom is 0.327 e. The van der Waals surface area contributed by atoms with Crippen LogP contribution in [0.1, 0.15) is 0 Å². The monoisotopic (exact) mass is 325 g/mol. The molecule has 0 atom stereocenters. The molecule has 0 bridgehead atoms. The van der Waals surface area contributed by atoms with Crippen LogP contribution in [0.4, 0.5) is 0 Å². The van der Waals surface area contributed by atoms with Gasteiger partial charge in [-0.2, -0.15) is 15.0 Å². The van der Waals surface area contributed by atoms with E-state index in [9.17, 15) is 0 Å². The number of nitrogens with zero attached hydrogens (tertiary/aromatic N) is 3. The summed E-state index contributed by atoms with van der Waals surface area (Å²) in [5, 5.41) is 2.29. The van der Waals surface area contributed by atoms with Crippen LogP contribution >= 0.6 is 34.8 Å². The first-order valence-corrected chi connectivity index (χ1v) is 6.69. The molecule has 0 radical (unpaired) electrons. The molecule has 100 valence electrons. The predicted molar refractivity (Wildman–Crippen MR) is 78.9 cm³/mol. The molecule has 20 heavy (non-hydrogen) atoms. The Morgan fingerprint density at radius 1 is 0.750 bits per heavy atom. The molecule has 0 spiro atoms. The minimum Gasteiger partial charge on any atom is -0.423 e. The number of hydrogen-bond acceptors (Lipinski definition) is 4. The van der Waals surface area contributed by atoms with Gasteiger partial charge in [-0.05, 0) is 35.3 Å². The van der Waals surface area contributed by atoms with Crippen LogP contribution in [0.25, 0.3) is 10.8 Å². The molecule has 0 amide bonds. The molecule has 2 aromatic carbocycles. The molecule has 0 unspecified atom stereocenters. The van der Waals surface area contributed by atoms with Crippen molar-refractivity contribution in [1.82, 2.24) is 15.0 Å². The van der Waals surface area contributed by atoms with E-state index in [0.29, 0.717) is 10.8 Å². The summed E-state index contributed by atoms with van der Waals surface area (Å²) in [6.07, 6.45) is 0. The normalized spacial score (nSPS) is 10.8. The minimum absolute atomic E-state index is 0.0294. The molecule has 0 aliphatic heterocycles. The Morgan fingerprint density at radius 2 is 1.40 bits per heavy atom. The van der Waals surface area contributed by atoms with Crippen LogP contribution in [0.2, 0.25) is 15.6 Å². The van der Waals surface area contributed by atoms with E-state index in [2.05, 4.69) is 15.0 Å². The van der Waals surface area contributed by atoms with E-state index in [4.69, 9.17) is 39.5 Å². The van der Waals surface area contributed by atoms with E-state index in [0.717, 1.165) is 10.8 Å². The molecule has 4 nitrogen and oxygen atoms in total. The summed E-state index contributed by atoms with van der Waals surface area (Å²) >= 11 is 17.6. The number of rotatable bonds is 2. The fraction of sp³-hybridized carbons (Fsp3) is 0. The van der Waals surface area contributed by atoms with Crippen LogP contribution in [-0.2, 0) is 0 Å². The van der Waals surface area contributed by atoms with Crippen molar-refractivity contribution in [1.29, 1.82) is 0 Å². The summed E-state index contributed by atoms with van der Waals surface area (Å²) in [5.41, 5.74) is 0. The Balaban J connectivity index is 2.09. The third-order valence-electron chi connectivity index (χ3n) is 2.59. The van der Waals surface area contributed by atoms with Crippen molar-refractivity contribution in [2.75, 3.05) is 0 Å². The highest BCUT2D eigenvalue weighted by molar-refractivity contribution is 6.35. The highest BCUT2D eigenvalue weighted by atomic mass is 35.5. The van der Waals surface area contributed by atoms with Crippen LogP contribution in [0.3, 0.4) is 0 Å². The van der Waals surface area contributed by atoms with E-state index < -0.39 is 0 Å². The van der Waals surface area contributed by atoms with E-state index in [1.807, 2.05) is 24.3 Å². The minimum atomic E-state index is -0.0294. The predicted octanol–water partition coefficient (Wildman–Crippen LogP) is 4.78. The Kier molecular flexibility index (Phi) is 3.61. The summed E-state index contributed by atoms with van der Waals surface area (Å²) in [6, 6.07) is 11.1. The average molecular weight is 327 g/mol. The quantitative estimate of drug-likeness (QED) is 0.680. The van der Waals surface area contributed by atoms with E-state index in [-0.39, 0.29) is 16.6 Å². The zero-order chi connectivity index (χ0) is 14.1. The van der Waals surface area contributed by atoms with Crippen molar-refractivity contribution < 1.29 is 4.74 Å². The molecule has 0 aliphatic rings. The van der Waals surface area contributed by atoms with Gasteiger partial charge in [0.25, 0.3) is 0 Å². The number of ether oxygens (including phenoxy) is 1. The lowest BCUT2D eigenvalue weighted by molar-refractivity contribution is 0.444. The molecular formula is C13H6Cl3N3O. The van der Waals surface area contributed by atoms with Gasteiger partial charge < -0.3 is 4.74 Å². The Labute approximate surface area is 129 Å². The summed E-state index contributed by atoms with van der Waals surface area (Å²) < 4.78 is 5.62. The van der Waals surface area contributed by atoms with E-state index >= 15 is 0 Å². The van der Waals surface area contributed by atoms with Gasteiger partial charge in [0.15, 0.2) is 0 Å². The van der Waals surface area contributed by atoms with Gasteiger partial charge in [0.05, 0.1) is 0 Å². The summed E-state index contributed by atoms with van der Waals surface area (Å²) in [5.74, 6) is 0.559. The van der Waals surface area contributed by atoms with Crippen LogP contribution in [0.15, 0.2) is 36.4 Å². The summed E-state index contributed by atoms with van der Waals surface area (Å²) in [4.78, 5) is 11.4. The van der Waals surface area contributed by atoms with Crippen molar-refractivity contribution in [2.24, 2.45) is 0 Å². The van der Waals surface area contributed by atoms with Crippen molar-refractivity contribution >= 4 is 45.6 Å². The van der Waals surface area contributed by atoms with Gasteiger partial charge in [-0.1, -0.05) is 35.9 Å². The van der Waals surface area contributed by atoms with E-state index in [1.165, 1.54) is 0 Å². The largest absolute Gasteiger partial charge is 0.423 e. The number of hydrogen-bond donors (Lipinski definition) is 0.